The summed E-state index contributed by atoms with van der Waals surface area (Å²) in [5, 5.41) is 0. The van der Waals surface area contributed by atoms with E-state index < -0.39 is 6.10 Å². The maximum absolute atomic E-state index is 14.0. The predicted molar refractivity (Wildman–Crippen MR) is 132 cm³/mol. The minimum Gasteiger partial charge on any atom is -0.454 e. The van der Waals surface area contributed by atoms with Crippen molar-refractivity contribution in [1.29, 1.82) is 0 Å². The first-order chi connectivity index (χ1) is 17.6. The molecule has 0 aliphatic carbocycles. The van der Waals surface area contributed by atoms with Gasteiger partial charge >= 0.3 is 0 Å². The number of carbonyl (C=O) groups is 1. The molecule has 0 bridgehead atoms. The first-order valence-corrected chi connectivity index (χ1v) is 12.1. The van der Waals surface area contributed by atoms with E-state index in [0.29, 0.717) is 30.1 Å². The number of ether oxygens (including phenoxy) is 3. The van der Waals surface area contributed by atoms with Crippen LogP contribution in [0.15, 0.2) is 66.7 Å². The molecule has 3 aromatic carbocycles. The number of methoxy groups -OCH3 is 1. The Morgan fingerprint density at radius 1 is 1.03 bits per heavy atom. The molecular weight excluding hydrogens is 461 g/mol. The molecule has 1 saturated heterocycles. The Labute approximate surface area is 208 Å². The van der Waals surface area contributed by atoms with Crippen LogP contribution in [0.5, 0.6) is 11.5 Å². The number of aromatic nitrogens is 2. The van der Waals surface area contributed by atoms with E-state index in [0.717, 1.165) is 35.3 Å². The van der Waals surface area contributed by atoms with Crippen LogP contribution < -0.4 is 9.47 Å². The molecule has 1 atom stereocenters. The zero-order valence-electron chi connectivity index (χ0n) is 19.9. The van der Waals surface area contributed by atoms with E-state index in [1.54, 1.807) is 13.2 Å². The number of benzene rings is 3. The first kappa shape index (κ1) is 22.5. The summed E-state index contributed by atoms with van der Waals surface area (Å²) in [6, 6.07) is 20.1. The summed E-state index contributed by atoms with van der Waals surface area (Å²) < 4.78 is 32.8. The lowest BCUT2D eigenvalue weighted by Gasteiger charge is -2.35. The number of nitrogens with zero attached hydrogens (tertiary/aromatic N) is 3. The lowest BCUT2D eigenvalue weighted by atomic mass is 10.0. The normalized spacial score (nSPS) is 16.4. The minimum absolute atomic E-state index is 0.0318. The van der Waals surface area contributed by atoms with Crippen molar-refractivity contribution < 1.29 is 23.4 Å². The van der Waals surface area contributed by atoms with Crippen molar-refractivity contribution in [3.8, 4) is 22.9 Å². The molecule has 2 aliphatic heterocycles. The molecule has 3 heterocycles. The number of hydrogen-bond donors (Lipinski definition) is 0. The fourth-order valence-electron chi connectivity index (χ4n) is 5.20. The third-order valence-corrected chi connectivity index (χ3v) is 6.99. The molecular formula is C28H26FN3O4. The van der Waals surface area contributed by atoms with Crippen molar-refractivity contribution in [3.05, 3.63) is 78.1 Å². The maximum Gasteiger partial charge on any atom is 0.256 e. The summed E-state index contributed by atoms with van der Waals surface area (Å²) in [6.45, 7) is 1.38. The molecule has 2 aliphatic rings. The van der Waals surface area contributed by atoms with Gasteiger partial charge in [0.1, 0.15) is 11.6 Å². The predicted octanol–water partition coefficient (Wildman–Crippen LogP) is 5.12. The van der Waals surface area contributed by atoms with E-state index in [1.165, 1.54) is 12.1 Å². The van der Waals surface area contributed by atoms with Crippen molar-refractivity contribution >= 4 is 16.9 Å². The number of rotatable bonds is 5. The quantitative estimate of drug-likeness (QED) is 0.391. The van der Waals surface area contributed by atoms with E-state index in [2.05, 4.69) is 4.57 Å². The van der Waals surface area contributed by atoms with Crippen LogP contribution in [0.2, 0.25) is 0 Å². The van der Waals surface area contributed by atoms with Crippen LogP contribution in [-0.4, -0.2) is 47.4 Å². The third kappa shape index (κ3) is 3.97. The molecule has 1 aromatic heterocycles. The van der Waals surface area contributed by atoms with Gasteiger partial charge in [0.15, 0.2) is 17.6 Å². The van der Waals surface area contributed by atoms with Crippen molar-refractivity contribution in [2.24, 2.45) is 0 Å². The van der Waals surface area contributed by atoms with Crippen molar-refractivity contribution in [1.82, 2.24) is 14.5 Å². The second-order valence-electron chi connectivity index (χ2n) is 9.09. The van der Waals surface area contributed by atoms with Crippen LogP contribution in [0, 0.1) is 5.82 Å². The summed E-state index contributed by atoms with van der Waals surface area (Å²) in [5.74, 6) is 1.76. The first-order valence-electron chi connectivity index (χ1n) is 12.1. The standard InChI is InChI=1S/C28H26FN3O4/c1-34-26(18-5-3-2-4-6-18)28(33)31-13-11-21(12-14-31)32-23-9-8-20(29)16-22(23)30-27(32)19-7-10-24-25(15-19)36-17-35-24/h2-10,15-16,21,26H,11-14,17H2,1H3/t26-/m0/s1. The van der Waals surface area contributed by atoms with Crippen LogP contribution in [-0.2, 0) is 9.53 Å². The van der Waals surface area contributed by atoms with Gasteiger partial charge in [-0.25, -0.2) is 9.37 Å². The van der Waals surface area contributed by atoms with Gasteiger partial charge in [0.05, 0.1) is 11.0 Å². The highest BCUT2D eigenvalue weighted by Crippen LogP contribution is 2.39. The van der Waals surface area contributed by atoms with Gasteiger partial charge in [0.2, 0.25) is 6.79 Å². The summed E-state index contributed by atoms with van der Waals surface area (Å²) >= 11 is 0. The van der Waals surface area contributed by atoms with Gasteiger partial charge in [-0.1, -0.05) is 30.3 Å². The molecule has 4 aromatic rings. The average Bonchev–Trinajstić information content (AvgIpc) is 3.53. The van der Waals surface area contributed by atoms with E-state index in [4.69, 9.17) is 19.2 Å². The molecule has 0 saturated carbocycles. The van der Waals surface area contributed by atoms with E-state index >= 15 is 0 Å². The highest BCUT2D eigenvalue weighted by molar-refractivity contribution is 5.83. The molecule has 8 heteroatoms. The molecule has 184 valence electrons. The highest BCUT2D eigenvalue weighted by Gasteiger charge is 2.31. The lowest BCUT2D eigenvalue weighted by molar-refractivity contribution is -0.143. The highest BCUT2D eigenvalue weighted by atomic mass is 19.1. The van der Waals surface area contributed by atoms with Crippen LogP contribution in [0.3, 0.4) is 0 Å². The molecule has 0 radical (unpaired) electrons. The Hall–Kier alpha value is -3.91. The van der Waals surface area contributed by atoms with Crippen molar-refractivity contribution in [2.75, 3.05) is 27.0 Å². The van der Waals surface area contributed by atoms with Crippen LogP contribution >= 0.6 is 0 Å². The second kappa shape index (κ2) is 9.28. The molecule has 1 fully saturated rings. The van der Waals surface area contributed by atoms with Crippen LogP contribution in [0.25, 0.3) is 22.4 Å². The van der Waals surface area contributed by atoms with Crippen LogP contribution in [0.4, 0.5) is 4.39 Å². The molecule has 36 heavy (non-hydrogen) atoms. The number of likely N-dealkylation sites (tertiary alicyclic amines) is 1. The number of fused-ring (bicyclic) bond motifs is 2. The zero-order chi connectivity index (χ0) is 24.6. The average molecular weight is 488 g/mol. The third-order valence-electron chi connectivity index (χ3n) is 6.99. The molecule has 0 N–H and O–H groups in total. The van der Waals surface area contributed by atoms with Gasteiger partial charge in [-0.15, -0.1) is 0 Å². The summed E-state index contributed by atoms with van der Waals surface area (Å²) in [4.78, 5) is 20.0. The number of carbonyl (C=O) groups excluding carboxylic acids is 1. The number of halogens is 1. The van der Waals surface area contributed by atoms with Crippen molar-refractivity contribution in [3.63, 3.8) is 0 Å². The van der Waals surface area contributed by atoms with E-state index in [9.17, 15) is 9.18 Å². The monoisotopic (exact) mass is 487 g/mol. The molecule has 1 amide bonds. The number of piperidine rings is 1. The van der Waals surface area contributed by atoms with Gasteiger partial charge < -0.3 is 23.7 Å². The Kier molecular flexibility index (Phi) is 5.81. The van der Waals surface area contributed by atoms with E-state index in [1.807, 2.05) is 53.4 Å². The number of hydrogen-bond acceptors (Lipinski definition) is 5. The summed E-state index contributed by atoms with van der Waals surface area (Å²) in [5.41, 5.74) is 3.19. The summed E-state index contributed by atoms with van der Waals surface area (Å²) in [6.07, 6.45) is 0.873. The van der Waals surface area contributed by atoms with Gasteiger partial charge in [0.25, 0.3) is 5.91 Å². The molecule has 7 nitrogen and oxygen atoms in total. The smallest absolute Gasteiger partial charge is 0.256 e. The Balaban J connectivity index is 1.29. The van der Waals surface area contributed by atoms with Gasteiger partial charge in [-0.3, -0.25) is 4.79 Å². The molecule has 0 unspecified atom stereocenters. The van der Waals surface area contributed by atoms with Gasteiger partial charge in [0, 0.05) is 37.9 Å². The largest absolute Gasteiger partial charge is 0.454 e. The second-order valence-corrected chi connectivity index (χ2v) is 9.09. The van der Waals surface area contributed by atoms with Gasteiger partial charge in [-0.2, -0.15) is 0 Å². The van der Waals surface area contributed by atoms with Gasteiger partial charge in [-0.05, 0) is 48.7 Å². The Bertz CT molecular complexity index is 1410. The topological polar surface area (TPSA) is 65.8 Å². The minimum atomic E-state index is -0.621. The number of amides is 1. The SMILES string of the molecule is CO[C@H](C(=O)N1CCC(n2c(-c3ccc4c(c3)OCO4)nc3cc(F)ccc32)CC1)c1ccccc1. The van der Waals surface area contributed by atoms with Crippen molar-refractivity contribution in [2.45, 2.75) is 25.0 Å². The maximum atomic E-state index is 14.0. The fourth-order valence-corrected chi connectivity index (χ4v) is 5.20. The molecule has 0 spiro atoms. The Morgan fingerprint density at radius 2 is 1.81 bits per heavy atom. The molecule has 6 rings (SSSR count). The van der Waals surface area contributed by atoms with E-state index in [-0.39, 0.29) is 24.6 Å². The number of imidazole rings is 1. The zero-order valence-corrected chi connectivity index (χ0v) is 19.9. The van der Waals surface area contributed by atoms with Crippen LogP contribution in [0.1, 0.15) is 30.6 Å². The Morgan fingerprint density at radius 3 is 2.58 bits per heavy atom. The fraction of sp³-hybridized carbons (Fsp3) is 0.286. The summed E-state index contributed by atoms with van der Waals surface area (Å²) in [7, 11) is 1.57. The lowest BCUT2D eigenvalue weighted by Crippen LogP contribution is -2.42.